The number of carbonyl (C=O) groups excluding carboxylic acids is 3. The molecular formula is C13H13F3N4O4. The number of amides is 4. The second kappa shape index (κ2) is 6.34. The normalized spacial score (nSPS) is 20.8. The third kappa shape index (κ3) is 3.09. The Morgan fingerprint density at radius 2 is 2.17 bits per heavy atom. The van der Waals surface area contributed by atoms with E-state index in [9.17, 15) is 27.6 Å². The van der Waals surface area contributed by atoms with E-state index in [2.05, 4.69) is 9.72 Å². The van der Waals surface area contributed by atoms with Crippen molar-refractivity contribution in [3.63, 3.8) is 0 Å². The number of nitrogens with zero attached hydrogens (tertiary/aromatic N) is 2. The molecule has 1 aromatic rings. The largest absolute Gasteiger partial charge is 0.450 e. The number of imide groups is 1. The van der Waals surface area contributed by atoms with Crippen molar-refractivity contribution in [2.75, 3.05) is 6.61 Å². The lowest BCUT2D eigenvalue weighted by Crippen LogP contribution is -2.69. The predicted octanol–water partition coefficient (Wildman–Crippen LogP) is 1.14. The highest BCUT2D eigenvalue weighted by Crippen LogP contribution is 2.34. The quantitative estimate of drug-likeness (QED) is 0.796. The minimum atomic E-state index is -5.27. The van der Waals surface area contributed by atoms with E-state index in [1.807, 2.05) is 0 Å². The molecule has 1 aliphatic heterocycles. The Labute approximate surface area is 134 Å². The van der Waals surface area contributed by atoms with Crippen molar-refractivity contribution in [2.24, 2.45) is 0 Å². The first-order valence-electron chi connectivity index (χ1n) is 6.76. The molecule has 2 heterocycles. The van der Waals surface area contributed by atoms with Gasteiger partial charge in [0.25, 0.3) is 11.6 Å². The summed E-state index contributed by atoms with van der Waals surface area (Å²) in [6.45, 7) is 0.742. The lowest BCUT2D eigenvalue weighted by Gasteiger charge is -2.29. The van der Waals surface area contributed by atoms with Gasteiger partial charge >= 0.3 is 18.3 Å². The molecule has 0 aromatic carbocycles. The van der Waals surface area contributed by atoms with Crippen LogP contribution in [0.15, 0.2) is 24.5 Å². The molecule has 1 atom stereocenters. The van der Waals surface area contributed by atoms with Crippen molar-refractivity contribution in [3.05, 3.63) is 30.1 Å². The van der Waals surface area contributed by atoms with Crippen LogP contribution < -0.4 is 10.6 Å². The van der Waals surface area contributed by atoms with Gasteiger partial charge < -0.3 is 4.74 Å². The molecule has 24 heavy (non-hydrogen) atoms. The molecular weight excluding hydrogens is 333 g/mol. The first kappa shape index (κ1) is 17.5. The standard InChI is InChI=1S/C13H13F3N4O4/c1-2-24-11(23)19-12(13(14,15)16)9(21)20(10(22)18-12)7-8-4-3-5-17-6-8/h3-6H,2,7H2,1H3,(H,18,22)(H,19,23). The van der Waals surface area contributed by atoms with E-state index in [1.165, 1.54) is 42.1 Å². The highest BCUT2D eigenvalue weighted by Gasteiger charge is 2.69. The summed E-state index contributed by atoms with van der Waals surface area (Å²) >= 11 is 0. The molecule has 1 fully saturated rings. The molecule has 1 unspecified atom stereocenters. The van der Waals surface area contributed by atoms with Crippen molar-refractivity contribution >= 4 is 18.0 Å². The number of carbonyl (C=O) groups is 3. The van der Waals surface area contributed by atoms with E-state index < -0.39 is 36.4 Å². The van der Waals surface area contributed by atoms with Crippen LogP contribution in [-0.4, -0.2) is 46.4 Å². The van der Waals surface area contributed by atoms with Gasteiger partial charge in [-0.2, -0.15) is 13.2 Å². The van der Waals surface area contributed by atoms with Crippen LogP contribution in [0.4, 0.5) is 22.8 Å². The maximum atomic E-state index is 13.4. The number of alkyl carbamates (subject to hydrolysis) is 1. The van der Waals surface area contributed by atoms with Gasteiger partial charge in [0.2, 0.25) is 0 Å². The Balaban J connectivity index is 2.31. The third-order valence-corrected chi connectivity index (χ3v) is 3.16. The second-order valence-electron chi connectivity index (χ2n) is 4.78. The van der Waals surface area contributed by atoms with Gasteiger partial charge in [-0.3, -0.25) is 25.3 Å². The molecule has 1 aromatic heterocycles. The maximum Gasteiger partial charge on any atom is 0.440 e. The van der Waals surface area contributed by atoms with Crippen LogP contribution in [0.5, 0.6) is 0 Å². The van der Waals surface area contributed by atoms with Crippen LogP contribution in [0.2, 0.25) is 0 Å². The number of urea groups is 1. The lowest BCUT2D eigenvalue weighted by atomic mass is 10.1. The molecule has 0 radical (unpaired) electrons. The van der Waals surface area contributed by atoms with E-state index in [1.54, 1.807) is 0 Å². The maximum absolute atomic E-state index is 13.4. The zero-order valence-electron chi connectivity index (χ0n) is 12.4. The van der Waals surface area contributed by atoms with Gasteiger partial charge in [0.15, 0.2) is 0 Å². The summed E-state index contributed by atoms with van der Waals surface area (Å²) in [5.41, 5.74) is -3.23. The van der Waals surface area contributed by atoms with Crippen LogP contribution in [0, 0.1) is 0 Å². The van der Waals surface area contributed by atoms with Crippen LogP contribution >= 0.6 is 0 Å². The molecule has 0 spiro atoms. The Kier molecular flexibility index (Phi) is 4.62. The first-order valence-corrected chi connectivity index (χ1v) is 6.76. The van der Waals surface area contributed by atoms with Crippen LogP contribution in [0.1, 0.15) is 12.5 Å². The number of ether oxygens (including phenoxy) is 1. The van der Waals surface area contributed by atoms with E-state index in [0.29, 0.717) is 10.5 Å². The number of pyridine rings is 1. The number of aromatic nitrogens is 1. The lowest BCUT2D eigenvalue weighted by molar-refractivity contribution is -0.201. The molecule has 0 saturated carbocycles. The highest BCUT2D eigenvalue weighted by molar-refractivity contribution is 6.08. The average Bonchev–Trinajstić information content (AvgIpc) is 2.73. The summed E-state index contributed by atoms with van der Waals surface area (Å²) in [5, 5.41) is 2.90. The number of alkyl halides is 3. The summed E-state index contributed by atoms with van der Waals surface area (Å²) in [6, 6.07) is 1.69. The van der Waals surface area contributed by atoms with Crippen molar-refractivity contribution in [2.45, 2.75) is 25.3 Å². The third-order valence-electron chi connectivity index (χ3n) is 3.16. The van der Waals surface area contributed by atoms with E-state index in [0.717, 1.165) is 0 Å². The Morgan fingerprint density at radius 3 is 2.71 bits per heavy atom. The number of rotatable bonds is 4. The minimum Gasteiger partial charge on any atom is -0.450 e. The summed E-state index contributed by atoms with van der Waals surface area (Å²) < 4.78 is 44.6. The zero-order valence-corrected chi connectivity index (χ0v) is 12.4. The van der Waals surface area contributed by atoms with Gasteiger partial charge in [-0.25, -0.2) is 9.59 Å². The molecule has 8 nitrogen and oxygen atoms in total. The average molecular weight is 346 g/mol. The first-order chi connectivity index (χ1) is 11.2. The second-order valence-corrected chi connectivity index (χ2v) is 4.78. The molecule has 0 bridgehead atoms. The molecule has 1 saturated heterocycles. The molecule has 0 aliphatic carbocycles. The molecule has 1 aliphatic rings. The van der Waals surface area contributed by atoms with Gasteiger partial charge in [0.05, 0.1) is 13.2 Å². The monoisotopic (exact) mass is 346 g/mol. The molecule has 4 amide bonds. The number of nitrogens with one attached hydrogen (secondary N) is 2. The van der Waals surface area contributed by atoms with Crippen LogP contribution in [0.25, 0.3) is 0 Å². The molecule has 2 N–H and O–H groups in total. The fourth-order valence-electron chi connectivity index (χ4n) is 2.06. The van der Waals surface area contributed by atoms with Gasteiger partial charge in [-0.05, 0) is 18.6 Å². The van der Waals surface area contributed by atoms with Crippen LogP contribution in [0.3, 0.4) is 0 Å². The Bertz CT molecular complexity index is 652. The summed E-state index contributed by atoms with van der Waals surface area (Å²) in [4.78, 5) is 39.6. The fourth-order valence-corrected chi connectivity index (χ4v) is 2.06. The number of hydrogen-bond donors (Lipinski definition) is 2. The zero-order chi connectivity index (χ0) is 18.0. The Morgan fingerprint density at radius 1 is 1.46 bits per heavy atom. The number of halogens is 3. The van der Waals surface area contributed by atoms with Crippen molar-refractivity contribution in [3.8, 4) is 0 Å². The highest BCUT2D eigenvalue weighted by atomic mass is 19.4. The van der Waals surface area contributed by atoms with Gasteiger partial charge in [-0.15, -0.1) is 0 Å². The van der Waals surface area contributed by atoms with E-state index in [-0.39, 0.29) is 6.61 Å². The SMILES string of the molecule is CCOC(=O)NC1(C(F)(F)F)NC(=O)N(Cc2cccnc2)C1=O. The topological polar surface area (TPSA) is 101 Å². The fraction of sp³-hybridized carbons (Fsp3) is 0.385. The van der Waals surface area contributed by atoms with E-state index in [4.69, 9.17) is 0 Å². The minimum absolute atomic E-state index is 0.207. The van der Waals surface area contributed by atoms with Gasteiger partial charge in [0, 0.05) is 12.4 Å². The summed E-state index contributed by atoms with van der Waals surface area (Å²) in [7, 11) is 0. The number of hydrogen-bond acceptors (Lipinski definition) is 5. The Hall–Kier alpha value is -2.85. The van der Waals surface area contributed by atoms with Crippen molar-refractivity contribution in [1.29, 1.82) is 0 Å². The molecule has 130 valence electrons. The van der Waals surface area contributed by atoms with Gasteiger partial charge in [0.1, 0.15) is 0 Å². The molecule has 11 heteroatoms. The van der Waals surface area contributed by atoms with Gasteiger partial charge in [-0.1, -0.05) is 6.07 Å². The van der Waals surface area contributed by atoms with Crippen molar-refractivity contribution in [1.82, 2.24) is 20.5 Å². The van der Waals surface area contributed by atoms with Crippen molar-refractivity contribution < 1.29 is 32.3 Å². The summed E-state index contributed by atoms with van der Waals surface area (Å²) in [6.07, 6.45) is -4.02. The predicted molar refractivity (Wildman–Crippen MR) is 72.3 cm³/mol. The van der Waals surface area contributed by atoms with Crippen LogP contribution in [-0.2, 0) is 16.1 Å². The summed E-state index contributed by atoms with van der Waals surface area (Å²) in [5.74, 6) is -1.66. The van der Waals surface area contributed by atoms with E-state index >= 15 is 0 Å². The molecule has 2 rings (SSSR count). The smallest absolute Gasteiger partial charge is 0.440 e.